The van der Waals surface area contributed by atoms with E-state index >= 15 is 0 Å². The van der Waals surface area contributed by atoms with Gasteiger partial charge in [0.2, 0.25) is 17.6 Å². The molecule has 8 nitrogen and oxygen atoms in total. The molecule has 1 unspecified atom stereocenters. The van der Waals surface area contributed by atoms with Gasteiger partial charge in [0.05, 0.1) is 34.9 Å². The summed E-state index contributed by atoms with van der Waals surface area (Å²) in [6, 6.07) is 14.0. The average molecular weight is 567 g/mol. The lowest BCUT2D eigenvalue weighted by molar-refractivity contribution is -0.141. The summed E-state index contributed by atoms with van der Waals surface area (Å²) in [5.74, 6) is 1.54. The molecule has 214 valence electrons. The smallest absolute Gasteiger partial charge is 0.247 e. The van der Waals surface area contributed by atoms with Crippen LogP contribution in [-0.2, 0) is 22.6 Å². The predicted molar refractivity (Wildman–Crippen MR) is 155 cm³/mol. The van der Waals surface area contributed by atoms with E-state index < -0.39 is 6.04 Å². The molecule has 0 radical (unpaired) electrons. The highest BCUT2D eigenvalue weighted by Gasteiger charge is 2.34. The monoisotopic (exact) mass is 566 g/mol. The van der Waals surface area contributed by atoms with E-state index in [0.29, 0.717) is 28.6 Å². The fraction of sp³-hybridized carbons (Fsp3) is 0.419. The van der Waals surface area contributed by atoms with Crippen molar-refractivity contribution in [1.82, 2.24) is 10.2 Å². The third-order valence-corrected chi connectivity index (χ3v) is 8.10. The first-order valence-electron chi connectivity index (χ1n) is 13.5. The Morgan fingerprint density at radius 1 is 0.925 bits per heavy atom. The normalized spacial score (nSPS) is 14.2. The first kappa shape index (κ1) is 29.3. The number of ether oxygens (including phenoxy) is 4. The van der Waals surface area contributed by atoms with E-state index in [1.165, 1.54) is 39.1 Å². The molecule has 0 spiro atoms. The molecule has 1 fully saturated rings. The summed E-state index contributed by atoms with van der Waals surface area (Å²) in [5.41, 5.74) is 1.42. The number of hydrogen-bond acceptors (Lipinski definition) is 7. The largest absolute Gasteiger partial charge is 0.497 e. The van der Waals surface area contributed by atoms with Gasteiger partial charge in [0, 0.05) is 17.5 Å². The number of carbonyl (C=O) groups is 2. The quantitative estimate of drug-likeness (QED) is 0.310. The summed E-state index contributed by atoms with van der Waals surface area (Å²) in [6.45, 7) is 0.209. The zero-order chi connectivity index (χ0) is 28.5. The van der Waals surface area contributed by atoms with Crippen LogP contribution >= 0.6 is 11.3 Å². The van der Waals surface area contributed by atoms with Crippen molar-refractivity contribution in [3.8, 4) is 23.0 Å². The van der Waals surface area contributed by atoms with E-state index in [-0.39, 0.29) is 30.8 Å². The second-order valence-corrected chi connectivity index (χ2v) is 10.9. The second-order valence-electron chi connectivity index (χ2n) is 9.83. The summed E-state index contributed by atoms with van der Waals surface area (Å²) in [6.07, 6.45) is 5.35. The Bertz CT molecular complexity index is 1250. The Kier molecular flexibility index (Phi) is 10.3. The number of carbonyl (C=O) groups excluding carboxylic acids is 2. The van der Waals surface area contributed by atoms with Gasteiger partial charge in [0.1, 0.15) is 11.8 Å². The van der Waals surface area contributed by atoms with Gasteiger partial charge in [-0.2, -0.15) is 0 Å². The van der Waals surface area contributed by atoms with Crippen LogP contribution in [0, 0.1) is 0 Å². The van der Waals surface area contributed by atoms with Crippen LogP contribution in [0.15, 0.2) is 53.9 Å². The number of rotatable bonds is 12. The van der Waals surface area contributed by atoms with Gasteiger partial charge in [-0.1, -0.05) is 37.5 Å². The van der Waals surface area contributed by atoms with Gasteiger partial charge < -0.3 is 29.2 Å². The van der Waals surface area contributed by atoms with Gasteiger partial charge in [-0.05, 0) is 59.7 Å². The Morgan fingerprint density at radius 3 is 2.25 bits per heavy atom. The minimum absolute atomic E-state index is 0.0665. The minimum Gasteiger partial charge on any atom is -0.497 e. The van der Waals surface area contributed by atoms with Crippen molar-refractivity contribution < 1.29 is 28.5 Å². The Morgan fingerprint density at radius 2 is 1.65 bits per heavy atom. The number of nitrogens with one attached hydrogen (secondary N) is 1. The van der Waals surface area contributed by atoms with Gasteiger partial charge in [-0.15, -0.1) is 11.3 Å². The molecule has 4 rings (SSSR count). The standard InChI is InChI=1S/C31H38N2O6S/c1-36-24-13-8-10-21(16-24)20-33(28(34)19-25-14-9-15-40-25)29(31(35)32-23-11-6-5-7-12-23)22-17-26(37-2)30(39-4)27(18-22)38-3/h8-10,13-18,23,29H,5-7,11-12,19-20H2,1-4H3,(H,32,35). The second kappa shape index (κ2) is 14.1. The maximum Gasteiger partial charge on any atom is 0.247 e. The van der Waals surface area contributed by atoms with Crippen LogP contribution in [-0.4, -0.2) is 51.2 Å². The molecular weight excluding hydrogens is 528 g/mol. The lowest BCUT2D eigenvalue weighted by Gasteiger charge is -2.34. The molecule has 40 heavy (non-hydrogen) atoms. The lowest BCUT2D eigenvalue weighted by atomic mass is 9.94. The summed E-state index contributed by atoms with van der Waals surface area (Å²) in [4.78, 5) is 30.8. The first-order chi connectivity index (χ1) is 19.5. The molecule has 1 saturated carbocycles. The van der Waals surface area contributed by atoms with Crippen LogP contribution in [0.2, 0.25) is 0 Å². The molecule has 1 aliphatic carbocycles. The molecule has 1 aromatic heterocycles. The van der Waals surface area contributed by atoms with Crippen molar-refractivity contribution in [2.75, 3.05) is 28.4 Å². The molecule has 0 saturated heterocycles. The Hall–Kier alpha value is -3.72. The Labute approximate surface area is 240 Å². The summed E-state index contributed by atoms with van der Waals surface area (Å²) in [7, 11) is 6.21. The molecule has 1 N–H and O–H groups in total. The number of hydrogen-bond donors (Lipinski definition) is 1. The molecule has 2 amide bonds. The third-order valence-electron chi connectivity index (χ3n) is 7.23. The van der Waals surface area contributed by atoms with Gasteiger partial charge in [0.25, 0.3) is 0 Å². The highest BCUT2D eigenvalue weighted by atomic mass is 32.1. The van der Waals surface area contributed by atoms with Crippen LogP contribution in [0.4, 0.5) is 0 Å². The number of benzene rings is 2. The van der Waals surface area contributed by atoms with Crippen molar-refractivity contribution >= 4 is 23.2 Å². The van der Waals surface area contributed by atoms with Crippen LogP contribution in [0.3, 0.4) is 0 Å². The minimum atomic E-state index is -0.936. The van der Waals surface area contributed by atoms with Crippen molar-refractivity contribution in [1.29, 1.82) is 0 Å². The fourth-order valence-corrected chi connectivity index (χ4v) is 5.91. The van der Waals surface area contributed by atoms with E-state index in [9.17, 15) is 9.59 Å². The van der Waals surface area contributed by atoms with Crippen LogP contribution in [0.5, 0.6) is 23.0 Å². The van der Waals surface area contributed by atoms with Crippen molar-refractivity contribution in [2.45, 2.75) is 57.2 Å². The molecule has 1 heterocycles. The number of methoxy groups -OCH3 is 4. The molecule has 9 heteroatoms. The average Bonchev–Trinajstić information content (AvgIpc) is 3.49. The predicted octanol–water partition coefficient (Wildman–Crippen LogP) is 5.54. The number of nitrogens with zero attached hydrogens (tertiary/aromatic N) is 1. The van der Waals surface area contributed by atoms with E-state index in [2.05, 4.69) is 5.32 Å². The zero-order valence-electron chi connectivity index (χ0n) is 23.6. The van der Waals surface area contributed by atoms with E-state index in [1.807, 2.05) is 41.8 Å². The fourth-order valence-electron chi connectivity index (χ4n) is 5.21. The van der Waals surface area contributed by atoms with E-state index in [1.54, 1.807) is 24.1 Å². The van der Waals surface area contributed by atoms with E-state index in [4.69, 9.17) is 18.9 Å². The van der Waals surface area contributed by atoms with Crippen molar-refractivity contribution in [3.05, 3.63) is 69.9 Å². The molecular formula is C31H38N2O6S. The summed E-state index contributed by atoms with van der Waals surface area (Å²) < 4.78 is 22.2. The number of amides is 2. The van der Waals surface area contributed by atoms with Crippen molar-refractivity contribution in [3.63, 3.8) is 0 Å². The topological polar surface area (TPSA) is 86.3 Å². The van der Waals surface area contributed by atoms with Crippen LogP contribution < -0.4 is 24.3 Å². The van der Waals surface area contributed by atoms with Gasteiger partial charge in [0.15, 0.2) is 11.5 Å². The highest BCUT2D eigenvalue weighted by molar-refractivity contribution is 7.10. The van der Waals surface area contributed by atoms with Gasteiger partial charge >= 0.3 is 0 Å². The molecule has 3 aromatic rings. The maximum absolute atomic E-state index is 14.2. The third kappa shape index (κ3) is 7.07. The van der Waals surface area contributed by atoms with E-state index in [0.717, 1.165) is 36.1 Å². The zero-order valence-corrected chi connectivity index (χ0v) is 24.4. The van der Waals surface area contributed by atoms with Crippen LogP contribution in [0.25, 0.3) is 0 Å². The number of thiophene rings is 1. The molecule has 0 aliphatic heterocycles. The summed E-state index contributed by atoms with van der Waals surface area (Å²) >= 11 is 1.52. The molecule has 1 atom stereocenters. The molecule has 0 bridgehead atoms. The SMILES string of the molecule is COc1cccc(CN(C(=O)Cc2cccs2)C(C(=O)NC2CCCCC2)c2cc(OC)c(OC)c(OC)c2)c1. The van der Waals surface area contributed by atoms with Crippen LogP contribution in [0.1, 0.15) is 54.1 Å². The Balaban J connectivity index is 1.81. The summed E-state index contributed by atoms with van der Waals surface area (Å²) in [5, 5.41) is 5.20. The molecule has 1 aliphatic rings. The highest BCUT2D eigenvalue weighted by Crippen LogP contribution is 2.41. The van der Waals surface area contributed by atoms with Gasteiger partial charge in [-0.25, -0.2) is 0 Å². The van der Waals surface area contributed by atoms with Crippen molar-refractivity contribution in [2.24, 2.45) is 0 Å². The maximum atomic E-state index is 14.2. The van der Waals surface area contributed by atoms with Gasteiger partial charge in [-0.3, -0.25) is 9.59 Å². The molecule has 2 aromatic carbocycles. The lowest BCUT2D eigenvalue weighted by Crippen LogP contribution is -2.47. The first-order valence-corrected chi connectivity index (χ1v) is 14.4.